The molecule has 0 spiro atoms. The lowest BCUT2D eigenvalue weighted by atomic mass is 10.3. The van der Waals surface area contributed by atoms with Crippen LogP contribution in [0.25, 0.3) is 0 Å². The van der Waals surface area contributed by atoms with E-state index in [1.165, 1.54) is 20.0 Å². The Hall–Kier alpha value is -0.550. The first-order valence-corrected chi connectivity index (χ1v) is 3.14. The Kier molecular flexibility index (Phi) is 4.14. The fourth-order valence-corrected chi connectivity index (χ4v) is 0.587. The summed E-state index contributed by atoms with van der Waals surface area (Å²) < 4.78 is 35.8. The van der Waals surface area contributed by atoms with Crippen molar-refractivity contribution in [1.82, 2.24) is 10.9 Å². The summed E-state index contributed by atoms with van der Waals surface area (Å²) in [5.41, 5.74) is 4.30. The van der Waals surface area contributed by atoms with Gasteiger partial charge in [-0.1, -0.05) is 12.2 Å². The van der Waals surface area contributed by atoms with Crippen molar-refractivity contribution < 1.29 is 13.2 Å². The third-order valence-electron chi connectivity index (χ3n) is 1.04. The van der Waals surface area contributed by atoms with Crippen LogP contribution in [-0.4, -0.2) is 19.3 Å². The van der Waals surface area contributed by atoms with Crippen LogP contribution in [0.3, 0.4) is 0 Å². The predicted molar refractivity (Wildman–Crippen MR) is 36.9 cm³/mol. The summed E-state index contributed by atoms with van der Waals surface area (Å²) in [5.74, 6) is 0. The second kappa shape index (κ2) is 4.35. The molecule has 0 aliphatic heterocycles. The third kappa shape index (κ3) is 4.00. The minimum atomic E-state index is -4.24. The predicted octanol–water partition coefficient (Wildman–Crippen LogP) is 1.22. The third-order valence-corrected chi connectivity index (χ3v) is 1.04. The van der Waals surface area contributed by atoms with Gasteiger partial charge in [0.15, 0.2) is 0 Å². The van der Waals surface area contributed by atoms with Crippen LogP contribution >= 0.6 is 0 Å². The van der Waals surface area contributed by atoms with Crippen molar-refractivity contribution in [2.75, 3.05) is 7.05 Å². The van der Waals surface area contributed by atoms with Gasteiger partial charge in [0, 0.05) is 0 Å². The SMILES string of the molecule is C/C=C\C(NNC)C(F)(F)F. The summed E-state index contributed by atoms with van der Waals surface area (Å²) in [5, 5.41) is 0. The van der Waals surface area contributed by atoms with Crippen LogP contribution < -0.4 is 10.9 Å². The molecule has 0 aromatic heterocycles. The first kappa shape index (κ1) is 10.4. The van der Waals surface area contributed by atoms with Gasteiger partial charge in [0.2, 0.25) is 0 Å². The maximum absolute atomic E-state index is 11.9. The Bertz CT molecular complexity index is 130. The summed E-state index contributed by atoms with van der Waals surface area (Å²) in [4.78, 5) is 0. The maximum atomic E-state index is 11.9. The Balaban J connectivity index is 4.10. The van der Waals surface area contributed by atoms with Gasteiger partial charge in [0.05, 0.1) is 0 Å². The number of nitrogens with one attached hydrogen (secondary N) is 2. The molecule has 0 aliphatic carbocycles. The van der Waals surface area contributed by atoms with Crippen LogP contribution in [0.15, 0.2) is 12.2 Å². The number of hydrogen-bond donors (Lipinski definition) is 2. The van der Waals surface area contributed by atoms with E-state index < -0.39 is 12.2 Å². The van der Waals surface area contributed by atoms with Crippen molar-refractivity contribution in [2.24, 2.45) is 0 Å². The van der Waals surface area contributed by atoms with Gasteiger partial charge in [-0.2, -0.15) is 13.2 Å². The number of rotatable bonds is 3. The molecule has 0 aromatic carbocycles. The molecule has 2 nitrogen and oxygen atoms in total. The molecular weight excluding hydrogens is 157 g/mol. The molecule has 2 N–H and O–H groups in total. The Morgan fingerprint density at radius 1 is 1.36 bits per heavy atom. The lowest BCUT2D eigenvalue weighted by Crippen LogP contribution is -2.46. The molecule has 0 rings (SSSR count). The Morgan fingerprint density at radius 2 is 1.91 bits per heavy atom. The summed E-state index contributed by atoms with van der Waals surface area (Å²) in [6, 6.07) is -1.61. The quantitative estimate of drug-likeness (QED) is 0.489. The minimum absolute atomic E-state index is 1.04. The van der Waals surface area contributed by atoms with Gasteiger partial charge >= 0.3 is 6.18 Å². The summed E-state index contributed by atoms with van der Waals surface area (Å²) in [6.45, 7) is 1.54. The lowest BCUT2D eigenvalue weighted by Gasteiger charge is -2.17. The van der Waals surface area contributed by atoms with Crippen molar-refractivity contribution in [3.05, 3.63) is 12.2 Å². The molecule has 1 unspecified atom stereocenters. The number of halogens is 3. The monoisotopic (exact) mass is 168 g/mol. The van der Waals surface area contributed by atoms with Gasteiger partial charge in [-0.3, -0.25) is 5.43 Å². The van der Waals surface area contributed by atoms with Crippen LogP contribution in [0.4, 0.5) is 13.2 Å². The summed E-state index contributed by atoms with van der Waals surface area (Å²) >= 11 is 0. The second-order valence-electron chi connectivity index (χ2n) is 1.94. The van der Waals surface area contributed by atoms with E-state index in [0.717, 1.165) is 6.08 Å². The summed E-state index contributed by atoms with van der Waals surface area (Å²) in [6.07, 6.45) is -1.85. The topological polar surface area (TPSA) is 24.1 Å². The van der Waals surface area contributed by atoms with Crippen molar-refractivity contribution in [2.45, 2.75) is 19.1 Å². The van der Waals surface area contributed by atoms with E-state index in [1.54, 1.807) is 0 Å². The molecule has 0 saturated carbocycles. The van der Waals surface area contributed by atoms with Gasteiger partial charge in [0.25, 0.3) is 0 Å². The highest BCUT2D eigenvalue weighted by Crippen LogP contribution is 2.20. The van der Waals surface area contributed by atoms with Gasteiger partial charge in [0.1, 0.15) is 6.04 Å². The second-order valence-corrected chi connectivity index (χ2v) is 1.94. The van der Waals surface area contributed by atoms with E-state index in [4.69, 9.17) is 0 Å². The fraction of sp³-hybridized carbons (Fsp3) is 0.667. The fourth-order valence-electron chi connectivity index (χ4n) is 0.587. The van der Waals surface area contributed by atoms with E-state index in [9.17, 15) is 13.2 Å². The van der Waals surface area contributed by atoms with Gasteiger partial charge in [-0.25, -0.2) is 5.43 Å². The molecule has 0 bridgehead atoms. The first-order valence-electron chi connectivity index (χ1n) is 3.14. The van der Waals surface area contributed by atoms with Crippen LogP contribution in [-0.2, 0) is 0 Å². The van der Waals surface area contributed by atoms with Crippen molar-refractivity contribution in [1.29, 1.82) is 0 Å². The normalized spacial score (nSPS) is 15.7. The summed E-state index contributed by atoms with van der Waals surface area (Å²) in [7, 11) is 1.39. The number of hydrazine groups is 1. The van der Waals surface area contributed by atoms with Gasteiger partial charge < -0.3 is 0 Å². The van der Waals surface area contributed by atoms with E-state index in [0.29, 0.717) is 0 Å². The van der Waals surface area contributed by atoms with Crippen molar-refractivity contribution >= 4 is 0 Å². The van der Waals surface area contributed by atoms with Crippen molar-refractivity contribution in [3.8, 4) is 0 Å². The van der Waals surface area contributed by atoms with E-state index in [1.807, 2.05) is 0 Å². The molecule has 1 atom stereocenters. The Morgan fingerprint density at radius 3 is 2.18 bits per heavy atom. The average molecular weight is 168 g/mol. The largest absolute Gasteiger partial charge is 0.408 e. The number of allylic oxidation sites excluding steroid dienone is 1. The van der Waals surface area contributed by atoms with Gasteiger partial charge in [-0.15, -0.1) is 0 Å². The molecule has 0 amide bonds. The van der Waals surface area contributed by atoms with Crippen LogP contribution in [0, 0.1) is 0 Å². The first-order chi connectivity index (χ1) is 5.02. The molecule has 66 valence electrons. The average Bonchev–Trinajstić information content (AvgIpc) is 1.85. The van der Waals surface area contributed by atoms with Crippen molar-refractivity contribution in [3.63, 3.8) is 0 Å². The Labute approximate surface area is 63.4 Å². The maximum Gasteiger partial charge on any atom is 0.408 e. The highest BCUT2D eigenvalue weighted by molar-refractivity contribution is 4.94. The molecule has 0 saturated heterocycles. The molecule has 0 aliphatic rings. The lowest BCUT2D eigenvalue weighted by molar-refractivity contribution is -0.146. The zero-order valence-corrected chi connectivity index (χ0v) is 6.37. The number of alkyl halides is 3. The highest BCUT2D eigenvalue weighted by atomic mass is 19.4. The molecular formula is C6H11F3N2. The standard InChI is InChI=1S/C6H11F3N2/c1-3-4-5(11-10-2)6(7,8)9/h3-5,10-11H,1-2H3/b4-3-. The van der Waals surface area contributed by atoms with Crippen LogP contribution in [0.2, 0.25) is 0 Å². The van der Waals surface area contributed by atoms with E-state index >= 15 is 0 Å². The minimum Gasteiger partial charge on any atom is -0.260 e. The molecule has 0 aromatic rings. The van der Waals surface area contributed by atoms with Gasteiger partial charge in [-0.05, 0) is 14.0 Å². The molecule has 5 heteroatoms. The smallest absolute Gasteiger partial charge is 0.260 e. The zero-order chi connectivity index (χ0) is 8.91. The van der Waals surface area contributed by atoms with Crippen LogP contribution in [0.1, 0.15) is 6.92 Å². The zero-order valence-electron chi connectivity index (χ0n) is 6.37. The van der Waals surface area contributed by atoms with E-state index in [-0.39, 0.29) is 0 Å². The molecule has 11 heavy (non-hydrogen) atoms. The van der Waals surface area contributed by atoms with Crippen LogP contribution in [0.5, 0.6) is 0 Å². The molecule has 0 fully saturated rings. The van der Waals surface area contributed by atoms with E-state index in [2.05, 4.69) is 10.9 Å². The highest BCUT2D eigenvalue weighted by Gasteiger charge is 2.37. The molecule has 0 heterocycles. The molecule has 0 radical (unpaired) electrons. The number of hydrogen-bond acceptors (Lipinski definition) is 2.